The Balaban J connectivity index is 1.82. The number of carbonyl (C=O) groups excluding carboxylic acids is 1. The van der Waals surface area contributed by atoms with Gasteiger partial charge in [0.2, 0.25) is 0 Å². The third-order valence-corrected chi connectivity index (χ3v) is 3.53. The Morgan fingerprint density at radius 3 is 2.30 bits per heavy atom. The van der Waals surface area contributed by atoms with Gasteiger partial charge in [-0.3, -0.25) is 4.79 Å². The van der Waals surface area contributed by atoms with Crippen molar-refractivity contribution >= 4 is 5.91 Å². The molecule has 0 radical (unpaired) electrons. The summed E-state index contributed by atoms with van der Waals surface area (Å²) in [5, 5.41) is 12.8. The van der Waals surface area contributed by atoms with E-state index in [1.807, 2.05) is 68.7 Å². The summed E-state index contributed by atoms with van der Waals surface area (Å²) in [6, 6.07) is 17.3. The minimum absolute atomic E-state index is 0.159. The van der Waals surface area contributed by atoms with Gasteiger partial charge in [-0.2, -0.15) is 0 Å². The molecule has 0 aromatic heterocycles. The van der Waals surface area contributed by atoms with Gasteiger partial charge in [0.05, 0.1) is 6.10 Å². The summed E-state index contributed by atoms with van der Waals surface area (Å²) in [6.07, 6.45) is -0.0579. The van der Waals surface area contributed by atoms with Crippen LogP contribution in [0.25, 0.3) is 0 Å². The number of benzene rings is 2. The highest BCUT2D eigenvalue weighted by Crippen LogP contribution is 2.07. The molecular weight excluding hydrogens is 288 g/mol. The van der Waals surface area contributed by atoms with Crippen molar-refractivity contribution in [1.82, 2.24) is 10.2 Å². The molecule has 2 N–H and O–H groups in total. The first-order chi connectivity index (χ1) is 11.0. The minimum atomic E-state index is -0.589. The van der Waals surface area contributed by atoms with Gasteiger partial charge in [0, 0.05) is 25.1 Å². The number of nitrogens with zero attached hydrogens (tertiary/aromatic N) is 1. The average molecular weight is 312 g/mol. The quantitative estimate of drug-likeness (QED) is 0.823. The molecule has 1 atom stereocenters. The standard InChI is InChI=1S/C19H24N2O2/c1-21(2)14-16-8-10-17(11-9-16)19(23)20-13-18(22)12-15-6-4-3-5-7-15/h3-11,18,22H,12-14H2,1-2H3,(H,20,23). The van der Waals surface area contributed by atoms with E-state index in [0.717, 1.165) is 17.7 Å². The first-order valence-electron chi connectivity index (χ1n) is 7.78. The molecule has 0 aliphatic rings. The van der Waals surface area contributed by atoms with Crippen molar-refractivity contribution < 1.29 is 9.90 Å². The summed E-state index contributed by atoms with van der Waals surface area (Å²) in [6.45, 7) is 1.09. The van der Waals surface area contributed by atoms with Crippen LogP contribution in [0.5, 0.6) is 0 Å². The van der Waals surface area contributed by atoms with E-state index >= 15 is 0 Å². The molecule has 0 aliphatic carbocycles. The fourth-order valence-electron chi connectivity index (χ4n) is 2.40. The van der Waals surface area contributed by atoms with Crippen LogP contribution in [-0.4, -0.2) is 42.7 Å². The lowest BCUT2D eigenvalue weighted by Gasteiger charge is -2.13. The highest BCUT2D eigenvalue weighted by molar-refractivity contribution is 5.94. The van der Waals surface area contributed by atoms with Crippen LogP contribution in [0, 0.1) is 0 Å². The van der Waals surface area contributed by atoms with Crippen molar-refractivity contribution in [2.24, 2.45) is 0 Å². The van der Waals surface area contributed by atoms with E-state index in [1.54, 1.807) is 0 Å². The van der Waals surface area contributed by atoms with Gasteiger partial charge in [-0.25, -0.2) is 0 Å². The summed E-state index contributed by atoms with van der Waals surface area (Å²) >= 11 is 0. The molecule has 0 heterocycles. The zero-order chi connectivity index (χ0) is 16.7. The third-order valence-electron chi connectivity index (χ3n) is 3.53. The minimum Gasteiger partial charge on any atom is -0.391 e. The second-order valence-corrected chi connectivity index (χ2v) is 5.99. The van der Waals surface area contributed by atoms with Crippen molar-refractivity contribution in [2.75, 3.05) is 20.6 Å². The molecule has 1 unspecified atom stereocenters. The molecular formula is C19H24N2O2. The largest absolute Gasteiger partial charge is 0.391 e. The molecule has 0 aliphatic heterocycles. The van der Waals surface area contributed by atoms with Gasteiger partial charge in [0.1, 0.15) is 0 Å². The SMILES string of the molecule is CN(C)Cc1ccc(C(=O)NCC(O)Cc2ccccc2)cc1. The van der Waals surface area contributed by atoms with Crippen molar-refractivity contribution in [3.8, 4) is 0 Å². The average Bonchev–Trinajstić information content (AvgIpc) is 2.54. The zero-order valence-electron chi connectivity index (χ0n) is 13.7. The Morgan fingerprint density at radius 1 is 1.04 bits per heavy atom. The van der Waals surface area contributed by atoms with E-state index < -0.39 is 6.10 Å². The molecule has 0 fully saturated rings. The van der Waals surface area contributed by atoms with E-state index in [1.165, 1.54) is 0 Å². The fourth-order valence-corrected chi connectivity index (χ4v) is 2.40. The molecule has 122 valence electrons. The molecule has 0 saturated heterocycles. The number of hydrogen-bond donors (Lipinski definition) is 2. The maximum absolute atomic E-state index is 12.1. The summed E-state index contributed by atoms with van der Waals surface area (Å²) in [5.74, 6) is -0.159. The van der Waals surface area contributed by atoms with Crippen molar-refractivity contribution in [2.45, 2.75) is 19.1 Å². The summed E-state index contributed by atoms with van der Waals surface area (Å²) in [5.41, 5.74) is 2.83. The second-order valence-electron chi connectivity index (χ2n) is 5.99. The van der Waals surface area contributed by atoms with Crippen molar-refractivity contribution in [1.29, 1.82) is 0 Å². The normalized spacial score (nSPS) is 12.2. The van der Waals surface area contributed by atoms with Gasteiger partial charge >= 0.3 is 0 Å². The Labute approximate surface area is 137 Å². The molecule has 0 spiro atoms. The topological polar surface area (TPSA) is 52.6 Å². The smallest absolute Gasteiger partial charge is 0.251 e. The Kier molecular flexibility index (Phi) is 6.32. The number of aliphatic hydroxyl groups excluding tert-OH is 1. The third kappa shape index (κ3) is 5.85. The number of aliphatic hydroxyl groups is 1. The van der Waals surface area contributed by atoms with Gasteiger partial charge in [-0.15, -0.1) is 0 Å². The summed E-state index contributed by atoms with van der Waals surface area (Å²) in [4.78, 5) is 14.2. The molecule has 4 heteroatoms. The number of carbonyl (C=O) groups is 1. The van der Waals surface area contributed by atoms with Crippen LogP contribution in [-0.2, 0) is 13.0 Å². The van der Waals surface area contributed by atoms with Crippen LogP contribution in [0.2, 0.25) is 0 Å². The lowest BCUT2D eigenvalue weighted by molar-refractivity contribution is 0.0916. The lowest BCUT2D eigenvalue weighted by atomic mass is 10.1. The molecule has 2 rings (SSSR count). The Bertz CT molecular complexity index is 609. The van der Waals surface area contributed by atoms with E-state index in [9.17, 15) is 9.90 Å². The predicted molar refractivity (Wildman–Crippen MR) is 92.3 cm³/mol. The van der Waals surface area contributed by atoms with Crippen LogP contribution in [0.1, 0.15) is 21.5 Å². The van der Waals surface area contributed by atoms with Gasteiger partial charge in [-0.1, -0.05) is 42.5 Å². The van der Waals surface area contributed by atoms with Crippen LogP contribution < -0.4 is 5.32 Å². The van der Waals surface area contributed by atoms with Crippen LogP contribution in [0.3, 0.4) is 0 Å². The van der Waals surface area contributed by atoms with Gasteiger partial charge < -0.3 is 15.3 Å². The summed E-state index contributed by atoms with van der Waals surface area (Å²) < 4.78 is 0. The van der Waals surface area contributed by atoms with E-state index in [-0.39, 0.29) is 12.5 Å². The van der Waals surface area contributed by atoms with Crippen molar-refractivity contribution in [3.05, 3.63) is 71.3 Å². The Morgan fingerprint density at radius 2 is 1.70 bits per heavy atom. The molecule has 0 bridgehead atoms. The molecule has 4 nitrogen and oxygen atoms in total. The van der Waals surface area contributed by atoms with Gasteiger partial charge in [0.15, 0.2) is 0 Å². The molecule has 0 saturated carbocycles. The second kappa shape index (κ2) is 8.46. The maximum atomic E-state index is 12.1. The molecule has 2 aromatic carbocycles. The van der Waals surface area contributed by atoms with E-state index in [4.69, 9.17) is 0 Å². The highest BCUT2D eigenvalue weighted by atomic mass is 16.3. The first kappa shape index (κ1) is 17.2. The van der Waals surface area contributed by atoms with Gasteiger partial charge in [-0.05, 0) is 37.4 Å². The number of nitrogens with one attached hydrogen (secondary N) is 1. The van der Waals surface area contributed by atoms with Gasteiger partial charge in [0.25, 0.3) is 5.91 Å². The van der Waals surface area contributed by atoms with Crippen LogP contribution in [0.4, 0.5) is 0 Å². The monoisotopic (exact) mass is 312 g/mol. The number of rotatable bonds is 7. The lowest BCUT2D eigenvalue weighted by Crippen LogP contribution is -2.33. The predicted octanol–water partition coefficient (Wildman–Crippen LogP) is 2.08. The zero-order valence-corrected chi connectivity index (χ0v) is 13.7. The first-order valence-corrected chi connectivity index (χ1v) is 7.78. The summed E-state index contributed by atoms with van der Waals surface area (Å²) in [7, 11) is 4.02. The Hall–Kier alpha value is -2.17. The fraction of sp³-hybridized carbons (Fsp3) is 0.316. The molecule has 1 amide bonds. The molecule has 23 heavy (non-hydrogen) atoms. The van der Waals surface area contributed by atoms with Crippen LogP contribution >= 0.6 is 0 Å². The number of hydrogen-bond acceptors (Lipinski definition) is 3. The van der Waals surface area contributed by atoms with E-state index in [0.29, 0.717) is 12.0 Å². The molecule has 2 aromatic rings. The maximum Gasteiger partial charge on any atom is 0.251 e. The van der Waals surface area contributed by atoms with Crippen molar-refractivity contribution in [3.63, 3.8) is 0 Å². The van der Waals surface area contributed by atoms with E-state index in [2.05, 4.69) is 10.2 Å². The number of amides is 1. The highest BCUT2D eigenvalue weighted by Gasteiger charge is 2.10. The van der Waals surface area contributed by atoms with Crippen LogP contribution in [0.15, 0.2) is 54.6 Å².